The first-order chi connectivity index (χ1) is 13.5. The smallest absolute Gasteiger partial charge is 0.261 e. The number of carbonyl (C=O) groups is 3. The van der Waals surface area contributed by atoms with Crippen molar-refractivity contribution in [3.05, 3.63) is 76.0 Å². The third-order valence-corrected chi connectivity index (χ3v) is 4.75. The quantitative estimate of drug-likeness (QED) is 0.615. The lowest BCUT2D eigenvalue weighted by Gasteiger charge is -2.11. The van der Waals surface area contributed by atoms with Crippen LogP contribution in [0.5, 0.6) is 0 Å². The predicted octanol–water partition coefficient (Wildman–Crippen LogP) is 2.48. The fourth-order valence-electron chi connectivity index (χ4n) is 2.91. The molecule has 0 bridgehead atoms. The SMILES string of the molecule is O=C(Cn1cc(CN2C(=O)c3ccccc3C2=O)nn1)Nc1ccc(Br)cc1. The maximum atomic E-state index is 12.4. The zero-order valence-electron chi connectivity index (χ0n) is 14.5. The topological polar surface area (TPSA) is 97.2 Å². The number of hydrogen-bond donors (Lipinski definition) is 1. The van der Waals surface area contributed by atoms with Gasteiger partial charge < -0.3 is 5.32 Å². The molecule has 0 unspecified atom stereocenters. The van der Waals surface area contributed by atoms with Crippen molar-refractivity contribution < 1.29 is 14.4 Å². The van der Waals surface area contributed by atoms with Crippen molar-refractivity contribution in [3.63, 3.8) is 0 Å². The van der Waals surface area contributed by atoms with Crippen LogP contribution in [-0.4, -0.2) is 37.6 Å². The molecule has 1 aromatic heterocycles. The number of imide groups is 1. The molecule has 9 heteroatoms. The molecule has 0 radical (unpaired) electrons. The van der Waals surface area contributed by atoms with Crippen molar-refractivity contribution >= 4 is 39.3 Å². The van der Waals surface area contributed by atoms with Gasteiger partial charge in [-0.1, -0.05) is 33.3 Å². The summed E-state index contributed by atoms with van der Waals surface area (Å²) < 4.78 is 2.28. The standard InChI is InChI=1S/C19H14BrN5O3/c20-12-5-7-13(8-6-12)21-17(26)11-24-9-14(22-23-24)10-25-18(27)15-3-1-2-4-16(15)19(25)28/h1-9H,10-11H2,(H,21,26). The molecule has 0 fully saturated rings. The number of anilines is 1. The lowest BCUT2D eigenvalue weighted by Crippen LogP contribution is -2.29. The monoisotopic (exact) mass is 439 g/mol. The Balaban J connectivity index is 1.40. The summed E-state index contributed by atoms with van der Waals surface area (Å²) in [6.45, 7) is -0.0359. The van der Waals surface area contributed by atoms with E-state index in [0.29, 0.717) is 22.5 Å². The zero-order chi connectivity index (χ0) is 19.7. The molecular weight excluding hydrogens is 426 g/mol. The van der Waals surface area contributed by atoms with Crippen LogP contribution in [-0.2, 0) is 17.9 Å². The maximum absolute atomic E-state index is 12.4. The highest BCUT2D eigenvalue weighted by molar-refractivity contribution is 9.10. The van der Waals surface area contributed by atoms with Crippen LogP contribution in [0, 0.1) is 0 Å². The van der Waals surface area contributed by atoms with Crippen molar-refractivity contribution in [3.8, 4) is 0 Å². The molecule has 1 N–H and O–H groups in total. The number of rotatable bonds is 5. The fourth-order valence-corrected chi connectivity index (χ4v) is 3.18. The summed E-state index contributed by atoms with van der Waals surface area (Å²) in [5.74, 6) is -0.981. The zero-order valence-corrected chi connectivity index (χ0v) is 16.1. The summed E-state index contributed by atoms with van der Waals surface area (Å²) in [6, 6.07) is 13.9. The molecule has 3 aromatic rings. The molecule has 1 aliphatic heterocycles. The number of halogens is 1. The van der Waals surface area contributed by atoms with E-state index in [2.05, 4.69) is 31.6 Å². The van der Waals surface area contributed by atoms with Crippen molar-refractivity contribution in [2.45, 2.75) is 13.1 Å². The van der Waals surface area contributed by atoms with E-state index >= 15 is 0 Å². The van der Waals surface area contributed by atoms with Crippen molar-refractivity contribution in [2.24, 2.45) is 0 Å². The number of aromatic nitrogens is 3. The average molecular weight is 440 g/mol. The molecule has 140 valence electrons. The number of carbonyl (C=O) groups excluding carboxylic acids is 3. The molecule has 1 aliphatic rings. The minimum absolute atomic E-state index is 0.000672. The number of benzene rings is 2. The van der Waals surface area contributed by atoms with Gasteiger partial charge in [0.2, 0.25) is 5.91 Å². The van der Waals surface area contributed by atoms with Gasteiger partial charge in [-0.3, -0.25) is 19.3 Å². The second kappa shape index (κ2) is 7.35. The summed E-state index contributed by atoms with van der Waals surface area (Å²) >= 11 is 3.33. The number of nitrogens with one attached hydrogen (secondary N) is 1. The van der Waals surface area contributed by atoms with E-state index in [1.807, 2.05) is 12.1 Å². The van der Waals surface area contributed by atoms with E-state index in [0.717, 1.165) is 9.37 Å². The van der Waals surface area contributed by atoms with E-state index < -0.39 is 0 Å². The second-order valence-electron chi connectivity index (χ2n) is 6.20. The van der Waals surface area contributed by atoms with E-state index in [-0.39, 0.29) is 30.8 Å². The largest absolute Gasteiger partial charge is 0.324 e. The lowest BCUT2D eigenvalue weighted by molar-refractivity contribution is -0.116. The molecule has 0 aliphatic carbocycles. The minimum Gasteiger partial charge on any atom is -0.324 e. The van der Waals surface area contributed by atoms with E-state index in [1.54, 1.807) is 42.6 Å². The van der Waals surface area contributed by atoms with Gasteiger partial charge in [-0.2, -0.15) is 0 Å². The van der Waals surface area contributed by atoms with Gasteiger partial charge in [-0.15, -0.1) is 5.10 Å². The molecule has 3 amide bonds. The number of hydrogen-bond acceptors (Lipinski definition) is 5. The number of amides is 3. The number of fused-ring (bicyclic) bond motifs is 1. The highest BCUT2D eigenvalue weighted by Gasteiger charge is 2.35. The Morgan fingerprint density at radius 3 is 2.29 bits per heavy atom. The van der Waals surface area contributed by atoms with Crippen LogP contribution in [0.2, 0.25) is 0 Å². The Kier molecular flexibility index (Phi) is 4.74. The summed E-state index contributed by atoms with van der Waals surface area (Å²) in [4.78, 5) is 38.1. The summed E-state index contributed by atoms with van der Waals surface area (Å²) in [5, 5.41) is 10.6. The third-order valence-electron chi connectivity index (χ3n) is 4.22. The molecule has 0 spiro atoms. The van der Waals surface area contributed by atoms with Gasteiger partial charge in [0, 0.05) is 10.2 Å². The molecule has 2 heterocycles. The summed E-state index contributed by atoms with van der Waals surface area (Å²) in [6.07, 6.45) is 1.55. The lowest BCUT2D eigenvalue weighted by atomic mass is 10.1. The minimum atomic E-state index is -0.358. The number of nitrogens with zero attached hydrogens (tertiary/aromatic N) is 4. The van der Waals surface area contributed by atoms with Crippen molar-refractivity contribution in [1.82, 2.24) is 19.9 Å². The molecule has 8 nitrogen and oxygen atoms in total. The first-order valence-corrected chi connectivity index (χ1v) is 9.20. The maximum Gasteiger partial charge on any atom is 0.261 e. The normalized spacial score (nSPS) is 13.0. The first kappa shape index (κ1) is 18.1. The first-order valence-electron chi connectivity index (χ1n) is 8.41. The Bertz CT molecular complexity index is 1040. The van der Waals surface area contributed by atoms with Crippen LogP contribution in [0.4, 0.5) is 5.69 Å². The highest BCUT2D eigenvalue weighted by Crippen LogP contribution is 2.23. The molecule has 0 atom stereocenters. The molecule has 28 heavy (non-hydrogen) atoms. The van der Waals surface area contributed by atoms with Gasteiger partial charge in [0.1, 0.15) is 12.2 Å². The van der Waals surface area contributed by atoms with Gasteiger partial charge in [-0.05, 0) is 36.4 Å². The van der Waals surface area contributed by atoms with E-state index in [9.17, 15) is 14.4 Å². The summed E-state index contributed by atoms with van der Waals surface area (Å²) in [7, 11) is 0. The molecule has 0 saturated heterocycles. The van der Waals surface area contributed by atoms with Crippen LogP contribution >= 0.6 is 15.9 Å². The summed E-state index contributed by atoms with van der Waals surface area (Å²) in [5.41, 5.74) is 1.85. The van der Waals surface area contributed by atoms with Gasteiger partial charge in [-0.25, -0.2) is 4.68 Å². The fraction of sp³-hybridized carbons (Fsp3) is 0.105. The van der Waals surface area contributed by atoms with Gasteiger partial charge in [0.15, 0.2) is 0 Å². The highest BCUT2D eigenvalue weighted by atomic mass is 79.9. The Hall–Kier alpha value is -3.33. The Morgan fingerprint density at radius 1 is 1.00 bits per heavy atom. The van der Waals surface area contributed by atoms with Gasteiger partial charge >= 0.3 is 0 Å². The molecule has 2 aromatic carbocycles. The van der Waals surface area contributed by atoms with E-state index in [4.69, 9.17) is 0 Å². The Labute approximate surface area is 168 Å². The molecule has 0 saturated carbocycles. The Morgan fingerprint density at radius 2 is 1.64 bits per heavy atom. The average Bonchev–Trinajstić information content (AvgIpc) is 3.22. The van der Waals surface area contributed by atoms with Crippen molar-refractivity contribution in [1.29, 1.82) is 0 Å². The van der Waals surface area contributed by atoms with Crippen LogP contribution in [0.15, 0.2) is 59.2 Å². The molecule has 4 rings (SSSR count). The molecular formula is C19H14BrN5O3. The van der Waals surface area contributed by atoms with Gasteiger partial charge in [0.05, 0.1) is 23.9 Å². The van der Waals surface area contributed by atoms with Crippen LogP contribution in [0.1, 0.15) is 26.4 Å². The second-order valence-corrected chi connectivity index (χ2v) is 7.12. The predicted molar refractivity (Wildman–Crippen MR) is 103 cm³/mol. The third kappa shape index (κ3) is 3.56. The van der Waals surface area contributed by atoms with E-state index in [1.165, 1.54) is 4.68 Å². The van der Waals surface area contributed by atoms with Crippen LogP contribution < -0.4 is 5.32 Å². The van der Waals surface area contributed by atoms with Gasteiger partial charge in [0.25, 0.3) is 11.8 Å². The van der Waals surface area contributed by atoms with Crippen molar-refractivity contribution in [2.75, 3.05) is 5.32 Å². The van der Waals surface area contributed by atoms with Crippen LogP contribution in [0.3, 0.4) is 0 Å². The van der Waals surface area contributed by atoms with Crippen LogP contribution in [0.25, 0.3) is 0 Å².